The highest BCUT2D eigenvalue weighted by Crippen LogP contribution is 2.31. The lowest BCUT2D eigenvalue weighted by Gasteiger charge is -2.11. The first-order valence-electron chi connectivity index (χ1n) is 9.45. The van der Waals surface area contributed by atoms with Crippen molar-refractivity contribution in [1.29, 1.82) is 0 Å². The van der Waals surface area contributed by atoms with Crippen LogP contribution in [0.25, 0.3) is 32.9 Å². The quantitative estimate of drug-likeness (QED) is 0.403. The molecule has 0 aliphatic carbocycles. The van der Waals surface area contributed by atoms with Gasteiger partial charge in [-0.3, -0.25) is 0 Å². The molecule has 0 radical (unpaired) electrons. The van der Waals surface area contributed by atoms with Gasteiger partial charge in [-0.05, 0) is 53.3 Å². The summed E-state index contributed by atoms with van der Waals surface area (Å²) in [5.41, 5.74) is 6.63. The number of rotatable bonds is 3. The maximum absolute atomic E-state index is 2.36. The summed E-state index contributed by atoms with van der Waals surface area (Å²) in [6, 6.07) is 24.5. The van der Waals surface area contributed by atoms with Gasteiger partial charge in [0.2, 0.25) is 11.2 Å². The van der Waals surface area contributed by atoms with Crippen LogP contribution < -0.4 is 4.57 Å². The molecule has 0 amide bonds. The minimum absolute atomic E-state index is 0.668. The Kier molecular flexibility index (Phi) is 4.24. The lowest BCUT2D eigenvalue weighted by Crippen LogP contribution is -2.32. The Balaban J connectivity index is 1.98. The Labute approximate surface area is 155 Å². The Morgan fingerprint density at radius 2 is 1.58 bits per heavy atom. The van der Waals surface area contributed by atoms with Crippen LogP contribution in [0.15, 0.2) is 66.7 Å². The van der Waals surface area contributed by atoms with Gasteiger partial charge in [-0.1, -0.05) is 56.3 Å². The summed E-state index contributed by atoms with van der Waals surface area (Å²) in [6.45, 7) is 6.77. The fourth-order valence-corrected chi connectivity index (χ4v) is 4.00. The Morgan fingerprint density at radius 3 is 2.38 bits per heavy atom. The van der Waals surface area contributed by atoms with E-state index in [0.29, 0.717) is 5.92 Å². The average molecular weight is 340 g/mol. The van der Waals surface area contributed by atoms with Gasteiger partial charge in [-0.2, -0.15) is 4.57 Å². The first-order chi connectivity index (χ1) is 12.5. The number of aryl methyl sites for hydroxylation is 2. The van der Waals surface area contributed by atoms with Crippen molar-refractivity contribution in [2.75, 3.05) is 0 Å². The molecule has 1 aromatic heterocycles. The number of hydrogen-bond acceptors (Lipinski definition) is 0. The molecule has 0 spiro atoms. The lowest BCUT2D eigenvalue weighted by molar-refractivity contribution is -0.633. The van der Waals surface area contributed by atoms with E-state index in [9.17, 15) is 0 Å². The zero-order valence-corrected chi connectivity index (χ0v) is 16.1. The van der Waals surface area contributed by atoms with E-state index in [1.54, 1.807) is 0 Å². The fourth-order valence-electron chi connectivity index (χ4n) is 4.00. The van der Waals surface area contributed by atoms with Crippen LogP contribution in [0.2, 0.25) is 0 Å². The minimum atomic E-state index is 0.668. The molecule has 0 atom stereocenters. The molecule has 3 aromatic carbocycles. The van der Waals surface area contributed by atoms with Crippen LogP contribution in [0.4, 0.5) is 0 Å². The van der Waals surface area contributed by atoms with Crippen molar-refractivity contribution in [3.8, 4) is 11.3 Å². The first kappa shape index (κ1) is 16.8. The molecular formula is C25H26N+. The monoisotopic (exact) mass is 340 g/mol. The van der Waals surface area contributed by atoms with Crippen LogP contribution >= 0.6 is 0 Å². The summed E-state index contributed by atoms with van der Waals surface area (Å²) in [7, 11) is 2.19. The molecule has 130 valence electrons. The summed E-state index contributed by atoms with van der Waals surface area (Å²) < 4.78 is 2.36. The van der Waals surface area contributed by atoms with E-state index in [4.69, 9.17) is 0 Å². The number of fused-ring (bicyclic) bond motifs is 2. The molecule has 26 heavy (non-hydrogen) atoms. The summed E-state index contributed by atoms with van der Waals surface area (Å²) in [4.78, 5) is 0. The third kappa shape index (κ3) is 2.88. The second-order valence-electron chi connectivity index (χ2n) is 7.75. The largest absolute Gasteiger partial charge is 0.213 e. The van der Waals surface area contributed by atoms with E-state index >= 15 is 0 Å². The van der Waals surface area contributed by atoms with E-state index in [1.807, 2.05) is 0 Å². The first-order valence-corrected chi connectivity index (χ1v) is 9.45. The fraction of sp³-hybridized carbons (Fsp3) is 0.240. The highest BCUT2D eigenvalue weighted by atomic mass is 14.9. The van der Waals surface area contributed by atoms with Gasteiger partial charge >= 0.3 is 0 Å². The molecule has 4 rings (SSSR count). The Bertz CT molecular complexity index is 1110. The van der Waals surface area contributed by atoms with Crippen LogP contribution in [-0.4, -0.2) is 0 Å². The predicted molar refractivity (Wildman–Crippen MR) is 111 cm³/mol. The second kappa shape index (κ2) is 6.57. The standard InChI is InChI=1S/C25H26N/c1-17(2)15-19-10-12-21-13-14-23(26(4)24(21)16-19)25-18(3)9-11-20-7-5-6-8-22(20)25/h5-14,16-17H,15H2,1-4H3/q+1. The molecule has 0 aliphatic heterocycles. The molecule has 0 aliphatic rings. The van der Waals surface area contributed by atoms with Gasteiger partial charge in [0.1, 0.15) is 7.05 Å². The molecule has 0 N–H and O–H groups in total. The number of pyridine rings is 1. The van der Waals surface area contributed by atoms with Gasteiger partial charge in [-0.15, -0.1) is 0 Å². The molecule has 0 fully saturated rings. The topological polar surface area (TPSA) is 3.88 Å². The lowest BCUT2D eigenvalue weighted by atomic mass is 9.95. The van der Waals surface area contributed by atoms with Crippen LogP contribution in [-0.2, 0) is 13.5 Å². The molecular weight excluding hydrogens is 314 g/mol. The van der Waals surface area contributed by atoms with Gasteiger partial charge < -0.3 is 0 Å². The maximum Gasteiger partial charge on any atom is 0.213 e. The molecule has 1 nitrogen and oxygen atoms in total. The predicted octanol–water partition coefficient (Wildman–Crippen LogP) is 5.99. The average Bonchev–Trinajstić information content (AvgIpc) is 2.63. The third-order valence-corrected chi connectivity index (χ3v) is 5.28. The van der Waals surface area contributed by atoms with E-state index in [-0.39, 0.29) is 0 Å². The highest BCUT2D eigenvalue weighted by molar-refractivity contribution is 5.97. The molecule has 0 saturated heterocycles. The summed E-state index contributed by atoms with van der Waals surface area (Å²) >= 11 is 0. The maximum atomic E-state index is 2.36. The van der Waals surface area contributed by atoms with E-state index < -0.39 is 0 Å². The van der Waals surface area contributed by atoms with Gasteiger partial charge in [-0.25, -0.2) is 0 Å². The number of nitrogens with zero attached hydrogens (tertiary/aromatic N) is 1. The zero-order chi connectivity index (χ0) is 18.3. The molecule has 4 aromatic rings. The smallest absolute Gasteiger partial charge is 0.194 e. The van der Waals surface area contributed by atoms with Crippen molar-refractivity contribution in [3.63, 3.8) is 0 Å². The van der Waals surface area contributed by atoms with Gasteiger partial charge in [0.05, 0.1) is 5.56 Å². The summed E-state index contributed by atoms with van der Waals surface area (Å²) in [5, 5.41) is 3.91. The van der Waals surface area contributed by atoms with Crippen molar-refractivity contribution in [3.05, 3.63) is 77.9 Å². The van der Waals surface area contributed by atoms with E-state index in [2.05, 4.69) is 99.1 Å². The normalized spacial score (nSPS) is 11.6. The van der Waals surface area contributed by atoms with E-state index in [1.165, 1.54) is 44.1 Å². The Morgan fingerprint density at radius 1 is 0.846 bits per heavy atom. The number of benzene rings is 3. The molecule has 1 heterocycles. The van der Waals surface area contributed by atoms with Crippen molar-refractivity contribution in [2.24, 2.45) is 13.0 Å². The van der Waals surface area contributed by atoms with Crippen LogP contribution in [0, 0.1) is 12.8 Å². The second-order valence-corrected chi connectivity index (χ2v) is 7.75. The van der Waals surface area contributed by atoms with Gasteiger partial charge in [0.25, 0.3) is 0 Å². The SMILES string of the molecule is Cc1ccc2ccccc2c1-c1ccc2ccc(CC(C)C)cc2[n+]1C. The Hall–Kier alpha value is -2.67. The van der Waals surface area contributed by atoms with Crippen LogP contribution in [0.5, 0.6) is 0 Å². The zero-order valence-electron chi connectivity index (χ0n) is 16.1. The van der Waals surface area contributed by atoms with Gasteiger partial charge in [0.15, 0.2) is 0 Å². The molecule has 0 saturated carbocycles. The summed E-state index contributed by atoms with van der Waals surface area (Å²) in [6.07, 6.45) is 1.12. The van der Waals surface area contributed by atoms with Gasteiger partial charge in [0, 0.05) is 17.5 Å². The molecule has 0 bridgehead atoms. The van der Waals surface area contributed by atoms with Crippen LogP contribution in [0.1, 0.15) is 25.0 Å². The summed E-state index contributed by atoms with van der Waals surface area (Å²) in [5.74, 6) is 0.668. The van der Waals surface area contributed by atoms with E-state index in [0.717, 1.165) is 6.42 Å². The molecule has 0 unspecified atom stereocenters. The van der Waals surface area contributed by atoms with Crippen molar-refractivity contribution in [2.45, 2.75) is 27.2 Å². The third-order valence-electron chi connectivity index (χ3n) is 5.28. The minimum Gasteiger partial charge on any atom is -0.194 e. The molecule has 1 heteroatoms. The van der Waals surface area contributed by atoms with Crippen LogP contribution in [0.3, 0.4) is 0 Å². The number of hydrogen-bond donors (Lipinski definition) is 0. The van der Waals surface area contributed by atoms with Crippen molar-refractivity contribution >= 4 is 21.7 Å². The van der Waals surface area contributed by atoms with Crippen molar-refractivity contribution < 1.29 is 4.57 Å². The van der Waals surface area contributed by atoms with Crippen molar-refractivity contribution in [1.82, 2.24) is 0 Å². The highest BCUT2D eigenvalue weighted by Gasteiger charge is 2.18. The number of aromatic nitrogens is 1.